The van der Waals surface area contributed by atoms with Crippen LogP contribution in [0.15, 0.2) is 0 Å². The number of esters is 1. The van der Waals surface area contributed by atoms with Crippen LogP contribution in [0.2, 0.25) is 0 Å². The van der Waals surface area contributed by atoms with Crippen molar-refractivity contribution in [1.82, 2.24) is 0 Å². The molecule has 3 fully saturated rings. The first-order valence-electron chi connectivity index (χ1n) is 5.42. The van der Waals surface area contributed by atoms with Crippen LogP contribution in [0.5, 0.6) is 0 Å². The Kier molecular flexibility index (Phi) is 2.30. The van der Waals surface area contributed by atoms with Crippen molar-refractivity contribution in [2.45, 2.75) is 38.6 Å². The first-order valence-corrected chi connectivity index (χ1v) is 5.42. The zero-order chi connectivity index (χ0) is 10.3. The van der Waals surface area contributed by atoms with E-state index in [-0.39, 0.29) is 11.4 Å². The Hall–Kier alpha value is -0.570. The van der Waals surface area contributed by atoms with Gasteiger partial charge in [-0.15, -0.1) is 0 Å². The van der Waals surface area contributed by atoms with E-state index in [9.17, 15) is 4.79 Å². The van der Waals surface area contributed by atoms with Crippen molar-refractivity contribution in [1.29, 1.82) is 0 Å². The molecular weight excluding hydrogens is 178 g/mol. The molecule has 0 aromatic heterocycles. The van der Waals surface area contributed by atoms with E-state index in [4.69, 9.17) is 10.5 Å². The Bertz CT molecular complexity index is 254. The first kappa shape index (κ1) is 9.97. The van der Waals surface area contributed by atoms with Gasteiger partial charge in [0.2, 0.25) is 0 Å². The highest BCUT2D eigenvalue weighted by atomic mass is 16.5. The minimum absolute atomic E-state index is 0.0425. The number of methoxy groups -OCH3 is 1. The Morgan fingerprint density at radius 1 is 1.50 bits per heavy atom. The van der Waals surface area contributed by atoms with E-state index in [1.54, 1.807) is 0 Å². The Morgan fingerprint density at radius 2 is 2.21 bits per heavy atom. The molecule has 3 saturated carbocycles. The zero-order valence-electron chi connectivity index (χ0n) is 8.95. The van der Waals surface area contributed by atoms with Crippen molar-refractivity contribution < 1.29 is 9.53 Å². The van der Waals surface area contributed by atoms with Gasteiger partial charge in [-0.2, -0.15) is 0 Å². The molecule has 4 atom stereocenters. The summed E-state index contributed by atoms with van der Waals surface area (Å²) < 4.78 is 4.90. The second kappa shape index (κ2) is 3.23. The topological polar surface area (TPSA) is 52.3 Å². The van der Waals surface area contributed by atoms with Crippen molar-refractivity contribution in [3.05, 3.63) is 0 Å². The van der Waals surface area contributed by atoms with Crippen molar-refractivity contribution >= 4 is 5.97 Å². The lowest BCUT2D eigenvalue weighted by Gasteiger charge is -2.50. The van der Waals surface area contributed by atoms with Gasteiger partial charge in [0, 0.05) is 6.04 Å². The third-order valence-electron chi connectivity index (χ3n) is 4.29. The van der Waals surface area contributed by atoms with Crippen LogP contribution in [0.3, 0.4) is 0 Å². The van der Waals surface area contributed by atoms with Gasteiger partial charge in [-0.3, -0.25) is 4.79 Å². The van der Waals surface area contributed by atoms with Crippen LogP contribution in [0.1, 0.15) is 32.6 Å². The largest absolute Gasteiger partial charge is 0.469 e. The SMILES string of the molecule is COC(=O)[C@@]1(C)C[C@@H]2CC[C@H]1C[C@@H]2N. The van der Waals surface area contributed by atoms with E-state index in [2.05, 4.69) is 0 Å². The molecular formula is C11H19NO2. The summed E-state index contributed by atoms with van der Waals surface area (Å²) in [6, 6.07) is 0.312. The lowest BCUT2D eigenvalue weighted by molar-refractivity contribution is -0.163. The standard InChI is InChI=1S/C11H19NO2/c1-11(10(13)14-2)6-7-3-4-8(11)5-9(7)12/h7-9H,3-6,12H2,1-2H3/t7-,8-,9-,11-/m0/s1. The minimum atomic E-state index is -0.256. The molecule has 3 aliphatic rings. The number of carbonyl (C=O) groups is 1. The molecule has 0 heterocycles. The minimum Gasteiger partial charge on any atom is -0.469 e. The number of rotatable bonds is 1. The van der Waals surface area contributed by atoms with E-state index in [1.165, 1.54) is 13.5 Å². The lowest BCUT2D eigenvalue weighted by Crippen LogP contribution is -2.53. The molecule has 0 aromatic rings. The summed E-state index contributed by atoms with van der Waals surface area (Å²) in [6.07, 6.45) is 4.25. The average molecular weight is 197 g/mol. The fourth-order valence-electron chi connectivity index (χ4n) is 3.29. The van der Waals surface area contributed by atoms with Crippen LogP contribution in [-0.2, 0) is 9.53 Å². The second-order valence-corrected chi connectivity index (χ2v) is 5.05. The number of fused-ring (bicyclic) bond motifs is 3. The molecule has 3 aliphatic carbocycles. The van der Waals surface area contributed by atoms with Gasteiger partial charge < -0.3 is 10.5 Å². The van der Waals surface area contributed by atoms with Crippen molar-refractivity contribution in [3.63, 3.8) is 0 Å². The second-order valence-electron chi connectivity index (χ2n) is 5.05. The molecule has 0 saturated heterocycles. The summed E-state index contributed by atoms with van der Waals surface area (Å²) in [5, 5.41) is 0. The van der Waals surface area contributed by atoms with Crippen LogP contribution in [-0.4, -0.2) is 19.1 Å². The van der Waals surface area contributed by atoms with Gasteiger partial charge in [-0.1, -0.05) is 0 Å². The summed E-state index contributed by atoms with van der Waals surface area (Å²) in [7, 11) is 1.48. The number of hydrogen-bond donors (Lipinski definition) is 1. The van der Waals surface area contributed by atoms with Gasteiger partial charge in [-0.25, -0.2) is 0 Å². The Morgan fingerprint density at radius 3 is 2.64 bits per heavy atom. The molecule has 2 N–H and O–H groups in total. The predicted molar refractivity (Wildman–Crippen MR) is 53.5 cm³/mol. The van der Waals surface area contributed by atoms with E-state index in [0.717, 1.165) is 19.3 Å². The maximum atomic E-state index is 11.7. The molecule has 0 aliphatic heterocycles. The molecule has 80 valence electrons. The van der Waals surface area contributed by atoms with E-state index < -0.39 is 0 Å². The predicted octanol–water partition coefficient (Wildman–Crippen LogP) is 1.31. The van der Waals surface area contributed by atoms with Crippen LogP contribution in [0.25, 0.3) is 0 Å². The smallest absolute Gasteiger partial charge is 0.311 e. The summed E-state index contributed by atoms with van der Waals surface area (Å²) >= 11 is 0. The highest BCUT2D eigenvalue weighted by Gasteiger charge is 2.52. The monoisotopic (exact) mass is 197 g/mol. The van der Waals surface area contributed by atoms with E-state index in [0.29, 0.717) is 17.9 Å². The molecule has 0 amide bonds. The molecule has 0 unspecified atom stereocenters. The molecule has 3 heteroatoms. The summed E-state index contributed by atoms with van der Waals surface area (Å²) in [6.45, 7) is 2.04. The molecule has 0 spiro atoms. The average Bonchev–Trinajstić information content (AvgIpc) is 2.19. The summed E-state index contributed by atoms with van der Waals surface area (Å²) in [5.74, 6) is 0.929. The van der Waals surface area contributed by atoms with Gasteiger partial charge in [0.05, 0.1) is 12.5 Å². The van der Waals surface area contributed by atoms with Crippen LogP contribution < -0.4 is 5.73 Å². The molecule has 3 nitrogen and oxygen atoms in total. The van der Waals surface area contributed by atoms with Crippen LogP contribution in [0, 0.1) is 17.3 Å². The highest BCUT2D eigenvalue weighted by molar-refractivity contribution is 5.77. The van der Waals surface area contributed by atoms with Gasteiger partial charge in [-0.05, 0) is 44.4 Å². The number of hydrogen-bond acceptors (Lipinski definition) is 3. The molecule has 2 bridgehead atoms. The lowest BCUT2D eigenvalue weighted by atomic mass is 9.55. The molecule has 14 heavy (non-hydrogen) atoms. The number of ether oxygens (including phenoxy) is 1. The fraction of sp³-hybridized carbons (Fsp3) is 0.909. The quantitative estimate of drug-likeness (QED) is 0.645. The van der Waals surface area contributed by atoms with Crippen molar-refractivity contribution in [2.75, 3.05) is 7.11 Å². The molecule has 3 rings (SSSR count). The van der Waals surface area contributed by atoms with Gasteiger partial charge in [0.1, 0.15) is 0 Å². The third kappa shape index (κ3) is 1.26. The maximum Gasteiger partial charge on any atom is 0.311 e. The maximum absolute atomic E-state index is 11.7. The summed E-state index contributed by atoms with van der Waals surface area (Å²) in [4.78, 5) is 11.7. The Labute approximate surface area is 85.0 Å². The molecule has 0 radical (unpaired) electrons. The van der Waals surface area contributed by atoms with Gasteiger partial charge in [0.15, 0.2) is 0 Å². The van der Waals surface area contributed by atoms with Crippen LogP contribution >= 0.6 is 0 Å². The normalized spacial score (nSPS) is 46.4. The zero-order valence-corrected chi connectivity index (χ0v) is 8.95. The number of carbonyl (C=O) groups excluding carboxylic acids is 1. The van der Waals surface area contributed by atoms with Gasteiger partial charge in [0.25, 0.3) is 0 Å². The fourth-order valence-corrected chi connectivity index (χ4v) is 3.29. The highest BCUT2D eigenvalue weighted by Crippen LogP contribution is 2.52. The summed E-state index contributed by atoms with van der Waals surface area (Å²) in [5.41, 5.74) is 5.77. The van der Waals surface area contributed by atoms with E-state index in [1.807, 2.05) is 6.92 Å². The van der Waals surface area contributed by atoms with E-state index >= 15 is 0 Å². The van der Waals surface area contributed by atoms with Crippen molar-refractivity contribution in [3.8, 4) is 0 Å². The number of nitrogens with two attached hydrogens (primary N) is 1. The van der Waals surface area contributed by atoms with Crippen molar-refractivity contribution in [2.24, 2.45) is 23.0 Å². The van der Waals surface area contributed by atoms with Crippen LogP contribution in [0.4, 0.5) is 0 Å². The van der Waals surface area contributed by atoms with Gasteiger partial charge >= 0.3 is 5.97 Å². The third-order valence-corrected chi connectivity index (χ3v) is 4.29. The Balaban J connectivity index is 2.20. The first-order chi connectivity index (χ1) is 6.58. The molecule has 0 aromatic carbocycles.